The second kappa shape index (κ2) is 44.2. The van der Waals surface area contributed by atoms with Crippen molar-refractivity contribution in [2.24, 2.45) is 0 Å². The van der Waals surface area contributed by atoms with Gasteiger partial charge in [0.2, 0.25) is 0 Å². The van der Waals surface area contributed by atoms with Gasteiger partial charge in [-0.05, 0) is 30.5 Å². The standard InChI is InChI=1S/C8H12O4.C4H2O3.C4H6O2.C2H2Cl2.3C2H3Cl/c1-3-11-7(9)5-6-8(10)12-4-2;5-3-1-2-4(6)7-3;1-3-6-4(2)5;1-2(3)4;3*1-2-3/h5-6H,3-4H2,1-2H3;1-2H;3H,1H2,2H3;1H2;3*2H,1H2/b6-5+;;;;;;. The SMILES string of the molecule is C=C(Cl)Cl.C=CCl.C=CCl.C=CCl.C=COC(C)=O.CCOC(=O)/C=C/C(=O)OCC.O=C1C=CC(=O)O1. The lowest BCUT2D eigenvalue weighted by Crippen LogP contribution is -2.03. The second-order valence-electron chi connectivity index (χ2n) is 4.49. The van der Waals surface area contributed by atoms with E-state index in [1.165, 1.54) is 23.5 Å². The average molecular weight is 641 g/mol. The Hall–Kier alpha value is -2.82. The Morgan fingerprint density at radius 2 is 1.08 bits per heavy atom. The van der Waals surface area contributed by atoms with Crippen molar-refractivity contribution in [2.75, 3.05) is 13.2 Å². The molecule has 0 saturated heterocycles. The van der Waals surface area contributed by atoms with Crippen LogP contribution < -0.4 is 0 Å². The Labute approximate surface area is 248 Å². The van der Waals surface area contributed by atoms with Gasteiger partial charge in [0.15, 0.2) is 0 Å². The molecule has 0 spiro atoms. The molecule has 0 N–H and O–H groups in total. The number of cyclic esters (lactones) is 2. The van der Waals surface area contributed by atoms with Crippen LogP contribution in [0.5, 0.6) is 0 Å². The molecule has 0 bridgehead atoms. The third-order valence-corrected chi connectivity index (χ3v) is 1.73. The van der Waals surface area contributed by atoms with Crippen LogP contribution in [0.1, 0.15) is 20.8 Å². The lowest BCUT2D eigenvalue weighted by atomic mass is 10.5. The third-order valence-electron chi connectivity index (χ3n) is 1.73. The molecule has 0 saturated carbocycles. The molecule has 0 amide bonds. The molecule has 1 rings (SSSR count). The van der Waals surface area contributed by atoms with E-state index >= 15 is 0 Å². The Balaban J connectivity index is -0.0000000852. The fourth-order valence-corrected chi connectivity index (χ4v) is 0.937. The van der Waals surface area contributed by atoms with E-state index in [1.807, 2.05) is 0 Å². The first-order chi connectivity index (χ1) is 17.7. The van der Waals surface area contributed by atoms with Crippen molar-refractivity contribution in [2.45, 2.75) is 20.8 Å². The van der Waals surface area contributed by atoms with Crippen molar-refractivity contribution in [1.29, 1.82) is 0 Å². The van der Waals surface area contributed by atoms with Crippen molar-refractivity contribution in [3.8, 4) is 0 Å². The van der Waals surface area contributed by atoms with Crippen LogP contribution in [0.2, 0.25) is 0 Å². The van der Waals surface area contributed by atoms with Gasteiger partial charge >= 0.3 is 29.8 Å². The topological polar surface area (TPSA) is 122 Å². The summed E-state index contributed by atoms with van der Waals surface area (Å²) in [6, 6.07) is 0. The van der Waals surface area contributed by atoms with Gasteiger partial charge in [-0.25, -0.2) is 19.2 Å². The highest BCUT2D eigenvalue weighted by atomic mass is 35.5. The van der Waals surface area contributed by atoms with Crippen LogP contribution in [0.15, 0.2) is 84.6 Å². The number of hydrogen-bond donors (Lipinski definition) is 0. The fourth-order valence-electron chi connectivity index (χ4n) is 0.937. The molecule has 9 nitrogen and oxygen atoms in total. The zero-order valence-corrected chi connectivity index (χ0v) is 24.9. The smallest absolute Gasteiger partial charge is 0.338 e. The lowest BCUT2D eigenvalue weighted by Gasteiger charge is -1.95. The summed E-state index contributed by atoms with van der Waals surface area (Å²) in [7, 11) is 0. The quantitative estimate of drug-likeness (QED) is 0.102. The van der Waals surface area contributed by atoms with Gasteiger partial charge in [-0.1, -0.05) is 90.9 Å². The molecule has 38 heavy (non-hydrogen) atoms. The molecular formula is C24H31Cl5O9. The molecule has 0 unspecified atom stereocenters. The van der Waals surface area contributed by atoms with Gasteiger partial charge in [0, 0.05) is 31.2 Å². The summed E-state index contributed by atoms with van der Waals surface area (Å²) in [6.07, 6.45) is 5.36. The minimum absolute atomic E-state index is 0.111. The number of halogens is 5. The van der Waals surface area contributed by atoms with E-state index in [1.54, 1.807) is 13.8 Å². The number of carbonyl (C=O) groups excluding carboxylic acids is 5. The molecule has 0 aromatic heterocycles. The lowest BCUT2D eigenvalue weighted by molar-refractivity contribution is -0.150. The van der Waals surface area contributed by atoms with Gasteiger partial charge in [-0.3, -0.25) is 4.79 Å². The van der Waals surface area contributed by atoms with E-state index in [-0.39, 0.29) is 10.5 Å². The summed E-state index contributed by atoms with van der Waals surface area (Å²) in [4.78, 5) is 50.9. The average Bonchev–Trinajstić information content (AvgIpc) is 3.17. The molecule has 14 heteroatoms. The highest BCUT2D eigenvalue weighted by Crippen LogP contribution is 1.98. The summed E-state index contributed by atoms with van der Waals surface area (Å²) in [5.74, 6) is -2.56. The molecule has 0 radical (unpaired) electrons. The number of ether oxygens (including phenoxy) is 4. The maximum absolute atomic E-state index is 10.6. The zero-order chi connectivity index (χ0) is 31.4. The van der Waals surface area contributed by atoms with E-state index in [0.717, 1.165) is 30.6 Å². The minimum atomic E-state index is -0.579. The van der Waals surface area contributed by atoms with E-state index in [0.29, 0.717) is 13.2 Å². The molecule has 1 heterocycles. The maximum Gasteiger partial charge on any atom is 0.338 e. The predicted molar refractivity (Wildman–Crippen MR) is 154 cm³/mol. The Bertz CT molecular complexity index is 723. The molecule has 0 atom stereocenters. The van der Waals surface area contributed by atoms with Gasteiger partial charge in [-0.15, -0.1) is 0 Å². The normalized spacial score (nSPS) is 9.16. The molecule has 216 valence electrons. The van der Waals surface area contributed by atoms with Crippen molar-refractivity contribution < 1.29 is 42.9 Å². The van der Waals surface area contributed by atoms with Crippen LogP contribution in [0.25, 0.3) is 0 Å². The van der Waals surface area contributed by atoms with E-state index in [4.69, 9.17) is 58.0 Å². The highest BCUT2D eigenvalue weighted by Gasteiger charge is 2.10. The molecule has 0 fully saturated rings. The van der Waals surface area contributed by atoms with Crippen molar-refractivity contribution in [3.63, 3.8) is 0 Å². The molecule has 0 aromatic rings. The Kier molecular flexibility index (Phi) is 56.1. The van der Waals surface area contributed by atoms with Crippen LogP contribution >= 0.6 is 58.0 Å². The molecule has 1 aliphatic rings. The molecule has 1 aliphatic heterocycles. The number of esters is 5. The van der Waals surface area contributed by atoms with Crippen LogP contribution in [-0.4, -0.2) is 43.1 Å². The summed E-state index contributed by atoms with van der Waals surface area (Å²) >= 11 is 24.0. The largest absolute Gasteiger partial charge is 0.463 e. The summed E-state index contributed by atoms with van der Waals surface area (Å²) in [5.41, 5.74) is 3.67. The Morgan fingerprint density at radius 1 is 0.816 bits per heavy atom. The maximum atomic E-state index is 10.6. The summed E-state index contributed by atoms with van der Waals surface area (Å²) in [6.45, 7) is 20.9. The predicted octanol–water partition coefficient (Wildman–Crippen LogP) is 7.03. The summed E-state index contributed by atoms with van der Waals surface area (Å²) < 4.78 is 17.3. The van der Waals surface area contributed by atoms with Crippen molar-refractivity contribution in [3.05, 3.63) is 84.6 Å². The van der Waals surface area contributed by atoms with E-state index in [2.05, 4.69) is 51.8 Å². The van der Waals surface area contributed by atoms with Crippen LogP contribution in [-0.2, 0) is 42.9 Å². The van der Waals surface area contributed by atoms with Crippen LogP contribution in [0.4, 0.5) is 0 Å². The number of rotatable bonds is 5. The second-order valence-corrected chi connectivity index (χ2v) is 6.52. The number of hydrogen-bond acceptors (Lipinski definition) is 9. The van der Waals surface area contributed by atoms with Gasteiger partial charge < -0.3 is 18.9 Å². The van der Waals surface area contributed by atoms with Crippen LogP contribution in [0.3, 0.4) is 0 Å². The molecular weight excluding hydrogens is 610 g/mol. The Morgan fingerprint density at radius 3 is 1.18 bits per heavy atom. The molecule has 0 aromatic carbocycles. The molecule has 0 aliphatic carbocycles. The van der Waals surface area contributed by atoms with Crippen LogP contribution in [0, 0.1) is 0 Å². The summed E-state index contributed by atoms with van der Waals surface area (Å²) in [5, 5.41) is 0. The van der Waals surface area contributed by atoms with Crippen molar-refractivity contribution >= 4 is 87.9 Å². The van der Waals surface area contributed by atoms with Gasteiger partial charge in [0.05, 0.1) is 24.0 Å². The van der Waals surface area contributed by atoms with Gasteiger partial charge in [0.25, 0.3) is 0 Å². The number of carbonyl (C=O) groups is 5. The minimum Gasteiger partial charge on any atom is -0.463 e. The van der Waals surface area contributed by atoms with Gasteiger partial charge in [0.1, 0.15) is 0 Å². The first-order valence-electron chi connectivity index (χ1n) is 9.61. The highest BCUT2D eigenvalue weighted by molar-refractivity contribution is 6.55. The zero-order valence-electron chi connectivity index (χ0n) is 21.1. The fraction of sp³-hybridized carbons (Fsp3) is 0.208. The first-order valence-corrected chi connectivity index (χ1v) is 11.7. The van der Waals surface area contributed by atoms with Crippen molar-refractivity contribution in [1.82, 2.24) is 0 Å². The third kappa shape index (κ3) is 84.4. The monoisotopic (exact) mass is 638 g/mol. The van der Waals surface area contributed by atoms with E-state index in [9.17, 15) is 24.0 Å². The first kappa shape index (κ1) is 48.3. The van der Waals surface area contributed by atoms with E-state index < -0.39 is 23.9 Å². The van der Waals surface area contributed by atoms with Gasteiger partial charge in [-0.2, -0.15) is 0 Å².